The van der Waals surface area contributed by atoms with Crippen molar-refractivity contribution in [3.63, 3.8) is 0 Å². The number of hydrogen-bond acceptors (Lipinski definition) is 6. The van der Waals surface area contributed by atoms with Gasteiger partial charge in [-0.2, -0.15) is 4.98 Å². The van der Waals surface area contributed by atoms with E-state index in [0.29, 0.717) is 12.5 Å². The van der Waals surface area contributed by atoms with Crippen molar-refractivity contribution in [1.82, 2.24) is 15.1 Å². The third-order valence-corrected chi connectivity index (χ3v) is 2.01. The molecular weight excluding hydrogens is 206 g/mol. The predicted octanol–water partition coefficient (Wildman–Crippen LogP) is 1.43. The minimum atomic E-state index is 0.555. The normalized spacial score (nSPS) is 10.1. The smallest absolute Gasteiger partial charge is 0.224 e. The van der Waals surface area contributed by atoms with Crippen LogP contribution in [-0.4, -0.2) is 22.2 Å². The highest BCUT2D eigenvalue weighted by Crippen LogP contribution is 2.10. The lowest BCUT2D eigenvalue weighted by Crippen LogP contribution is -2.05. The highest BCUT2D eigenvalue weighted by molar-refractivity contribution is 5.41. The largest absolute Gasteiger partial charge is 0.363 e. The van der Waals surface area contributed by atoms with E-state index in [4.69, 9.17) is 4.52 Å². The zero-order chi connectivity index (χ0) is 11.4. The van der Waals surface area contributed by atoms with Crippen molar-refractivity contribution < 1.29 is 4.52 Å². The zero-order valence-electron chi connectivity index (χ0n) is 9.19. The molecule has 0 unspecified atom stereocenters. The van der Waals surface area contributed by atoms with Gasteiger partial charge < -0.3 is 15.2 Å². The van der Waals surface area contributed by atoms with Crippen molar-refractivity contribution >= 4 is 11.8 Å². The Labute approximate surface area is 93.1 Å². The molecule has 0 saturated carbocycles. The highest BCUT2D eigenvalue weighted by Gasteiger charge is 2.01. The molecule has 2 rings (SSSR count). The molecular formula is C10H13N5O. The zero-order valence-corrected chi connectivity index (χ0v) is 9.19. The van der Waals surface area contributed by atoms with E-state index in [1.54, 1.807) is 19.3 Å². The SMILES string of the molecule is CNc1nc(C)cc(NCc2ccno2)n1. The fourth-order valence-corrected chi connectivity index (χ4v) is 1.28. The number of rotatable bonds is 4. The molecule has 0 aliphatic heterocycles. The number of hydrogen-bond donors (Lipinski definition) is 2. The molecule has 84 valence electrons. The van der Waals surface area contributed by atoms with E-state index >= 15 is 0 Å². The molecule has 0 saturated heterocycles. The minimum absolute atomic E-state index is 0.555. The van der Waals surface area contributed by atoms with Gasteiger partial charge in [-0.1, -0.05) is 5.16 Å². The average Bonchev–Trinajstić information content (AvgIpc) is 2.78. The quantitative estimate of drug-likeness (QED) is 0.810. The van der Waals surface area contributed by atoms with Crippen LogP contribution in [-0.2, 0) is 6.54 Å². The van der Waals surface area contributed by atoms with Crippen molar-refractivity contribution in [2.24, 2.45) is 0 Å². The van der Waals surface area contributed by atoms with Crippen LogP contribution in [0.4, 0.5) is 11.8 Å². The molecule has 6 heteroatoms. The van der Waals surface area contributed by atoms with Gasteiger partial charge in [0.25, 0.3) is 0 Å². The van der Waals surface area contributed by atoms with Crippen LogP contribution >= 0.6 is 0 Å². The van der Waals surface area contributed by atoms with Gasteiger partial charge in [-0.05, 0) is 6.92 Å². The summed E-state index contributed by atoms with van der Waals surface area (Å²) < 4.78 is 4.97. The van der Waals surface area contributed by atoms with Crippen LogP contribution in [0, 0.1) is 6.92 Å². The van der Waals surface area contributed by atoms with Crippen LogP contribution in [0.25, 0.3) is 0 Å². The Balaban J connectivity index is 2.06. The van der Waals surface area contributed by atoms with Gasteiger partial charge in [-0.3, -0.25) is 0 Å². The molecule has 6 nitrogen and oxygen atoms in total. The maximum Gasteiger partial charge on any atom is 0.224 e. The van der Waals surface area contributed by atoms with Crippen LogP contribution in [0.15, 0.2) is 22.9 Å². The van der Waals surface area contributed by atoms with E-state index in [-0.39, 0.29) is 0 Å². The molecule has 0 amide bonds. The number of nitrogens with one attached hydrogen (secondary N) is 2. The summed E-state index contributed by atoms with van der Waals surface area (Å²) in [5, 5.41) is 9.67. The summed E-state index contributed by atoms with van der Waals surface area (Å²) in [7, 11) is 1.79. The molecule has 2 aromatic rings. The van der Waals surface area contributed by atoms with Crippen LogP contribution in [0.5, 0.6) is 0 Å². The van der Waals surface area contributed by atoms with E-state index in [9.17, 15) is 0 Å². The first-order valence-electron chi connectivity index (χ1n) is 4.95. The maximum absolute atomic E-state index is 4.97. The minimum Gasteiger partial charge on any atom is -0.363 e. The molecule has 2 aromatic heterocycles. The fraction of sp³-hybridized carbons (Fsp3) is 0.300. The van der Waals surface area contributed by atoms with Crippen LogP contribution in [0.2, 0.25) is 0 Å². The van der Waals surface area contributed by atoms with E-state index < -0.39 is 0 Å². The first-order valence-corrected chi connectivity index (χ1v) is 4.95. The lowest BCUT2D eigenvalue weighted by molar-refractivity contribution is 0.388. The Morgan fingerprint density at radius 2 is 2.25 bits per heavy atom. The number of anilines is 2. The summed E-state index contributed by atoms with van der Waals surface area (Å²) in [5.74, 6) is 2.12. The van der Waals surface area contributed by atoms with Gasteiger partial charge in [0.15, 0.2) is 5.76 Å². The van der Waals surface area contributed by atoms with Gasteiger partial charge in [0, 0.05) is 24.9 Å². The second-order valence-electron chi connectivity index (χ2n) is 3.30. The van der Waals surface area contributed by atoms with Gasteiger partial charge in [0.2, 0.25) is 5.95 Å². The Hall–Kier alpha value is -2.11. The molecule has 2 N–H and O–H groups in total. The monoisotopic (exact) mass is 219 g/mol. The first-order chi connectivity index (χ1) is 7.78. The fourth-order valence-electron chi connectivity index (χ4n) is 1.28. The number of nitrogens with zero attached hydrogens (tertiary/aromatic N) is 3. The summed E-state index contributed by atoms with van der Waals surface area (Å²) in [5.41, 5.74) is 0.902. The predicted molar refractivity (Wildman–Crippen MR) is 60.1 cm³/mol. The van der Waals surface area contributed by atoms with Gasteiger partial charge in [0.05, 0.1) is 12.7 Å². The van der Waals surface area contributed by atoms with Gasteiger partial charge >= 0.3 is 0 Å². The molecule has 0 atom stereocenters. The second kappa shape index (κ2) is 4.61. The summed E-state index contributed by atoms with van der Waals surface area (Å²) in [6.07, 6.45) is 1.61. The summed E-state index contributed by atoms with van der Waals surface area (Å²) in [6, 6.07) is 3.68. The maximum atomic E-state index is 4.97. The van der Waals surface area contributed by atoms with Crippen LogP contribution in [0.3, 0.4) is 0 Å². The Morgan fingerprint density at radius 3 is 2.94 bits per heavy atom. The van der Waals surface area contributed by atoms with E-state index in [2.05, 4.69) is 25.8 Å². The molecule has 0 bridgehead atoms. The molecule has 0 spiro atoms. The number of aromatic nitrogens is 3. The van der Waals surface area contributed by atoms with Crippen molar-refractivity contribution in [3.8, 4) is 0 Å². The summed E-state index contributed by atoms with van der Waals surface area (Å²) in [6.45, 7) is 2.47. The molecule has 0 fully saturated rings. The molecule has 0 aliphatic rings. The standard InChI is InChI=1S/C10H13N5O/c1-7-5-9(15-10(11-2)14-7)12-6-8-3-4-13-16-8/h3-5H,6H2,1-2H3,(H2,11,12,14,15). The van der Waals surface area contributed by atoms with Crippen LogP contribution < -0.4 is 10.6 Å². The van der Waals surface area contributed by atoms with Crippen molar-refractivity contribution in [3.05, 3.63) is 29.8 Å². The molecule has 0 radical (unpaired) electrons. The topological polar surface area (TPSA) is 75.9 Å². The Morgan fingerprint density at radius 1 is 1.38 bits per heavy atom. The van der Waals surface area contributed by atoms with E-state index in [1.165, 1.54) is 0 Å². The highest BCUT2D eigenvalue weighted by atomic mass is 16.5. The van der Waals surface area contributed by atoms with Gasteiger partial charge in [-0.25, -0.2) is 4.98 Å². The van der Waals surface area contributed by atoms with E-state index in [1.807, 2.05) is 13.0 Å². The number of aryl methyl sites for hydroxylation is 1. The van der Waals surface area contributed by atoms with Crippen LogP contribution in [0.1, 0.15) is 11.5 Å². The van der Waals surface area contributed by atoms with Gasteiger partial charge in [-0.15, -0.1) is 0 Å². The summed E-state index contributed by atoms with van der Waals surface area (Å²) in [4.78, 5) is 8.46. The molecule has 16 heavy (non-hydrogen) atoms. The van der Waals surface area contributed by atoms with E-state index in [0.717, 1.165) is 17.3 Å². The molecule has 0 aromatic carbocycles. The van der Waals surface area contributed by atoms with Gasteiger partial charge in [0.1, 0.15) is 5.82 Å². The second-order valence-corrected chi connectivity index (χ2v) is 3.30. The third-order valence-electron chi connectivity index (χ3n) is 2.01. The summed E-state index contributed by atoms with van der Waals surface area (Å²) >= 11 is 0. The molecule has 2 heterocycles. The molecule has 0 aliphatic carbocycles. The first kappa shape index (κ1) is 10.4. The average molecular weight is 219 g/mol. The third kappa shape index (κ3) is 2.47. The van der Waals surface area contributed by atoms with Crippen molar-refractivity contribution in [1.29, 1.82) is 0 Å². The lowest BCUT2D eigenvalue weighted by Gasteiger charge is -2.06. The van der Waals surface area contributed by atoms with Crippen molar-refractivity contribution in [2.75, 3.05) is 17.7 Å². The Kier molecular flexibility index (Phi) is 3.00. The van der Waals surface area contributed by atoms with Crippen molar-refractivity contribution in [2.45, 2.75) is 13.5 Å². The Bertz CT molecular complexity index is 454. The lowest BCUT2D eigenvalue weighted by atomic mass is 10.4.